The van der Waals surface area contributed by atoms with E-state index in [1.54, 1.807) is 67.6 Å². The molecular formula is C24H22N2O5. The molecule has 0 radical (unpaired) electrons. The number of rotatable bonds is 7. The lowest BCUT2D eigenvalue weighted by Crippen LogP contribution is -2.18. The zero-order valence-corrected chi connectivity index (χ0v) is 17.2. The number of anilines is 2. The van der Waals surface area contributed by atoms with Crippen LogP contribution in [0.25, 0.3) is 0 Å². The van der Waals surface area contributed by atoms with Crippen LogP contribution in [0.4, 0.5) is 16.2 Å². The molecule has 7 nitrogen and oxygen atoms in total. The normalized spacial score (nSPS) is 10.1. The number of amides is 2. The van der Waals surface area contributed by atoms with Crippen LogP contribution in [0.3, 0.4) is 0 Å². The highest BCUT2D eigenvalue weighted by Crippen LogP contribution is 2.25. The minimum atomic E-state index is -0.684. The van der Waals surface area contributed by atoms with Crippen LogP contribution in [0.15, 0.2) is 72.8 Å². The molecule has 2 amide bonds. The van der Waals surface area contributed by atoms with E-state index in [0.29, 0.717) is 35.0 Å². The van der Waals surface area contributed by atoms with Crippen LogP contribution in [0, 0.1) is 0 Å². The second kappa shape index (κ2) is 10.1. The molecule has 0 aliphatic rings. The van der Waals surface area contributed by atoms with Crippen LogP contribution >= 0.6 is 0 Å². The Morgan fingerprint density at radius 3 is 2.29 bits per heavy atom. The number of hydrogen-bond acceptors (Lipinski definition) is 5. The molecule has 31 heavy (non-hydrogen) atoms. The molecule has 0 aliphatic carbocycles. The summed E-state index contributed by atoms with van der Waals surface area (Å²) in [5.74, 6) is 0.220. The number of Topliss-reactive ketones (excluding diaryl/α,β-unsaturated/α-hetero) is 1. The fourth-order valence-corrected chi connectivity index (χ4v) is 2.82. The Morgan fingerprint density at radius 2 is 1.58 bits per heavy atom. The molecule has 0 fully saturated rings. The minimum absolute atomic E-state index is 0.103. The van der Waals surface area contributed by atoms with E-state index in [1.165, 1.54) is 13.0 Å². The molecule has 0 saturated heterocycles. The van der Waals surface area contributed by atoms with Crippen molar-refractivity contribution in [1.29, 1.82) is 0 Å². The smallest absolute Gasteiger partial charge is 0.417 e. The third-order valence-corrected chi connectivity index (χ3v) is 4.25. The summed E-state index contributed by atoms with van der Waals surface area (Å²) in [7, 11) is 0. The Balaban J connectivity index is 1.79. The molecule has 0 saturated carbocycles. The SMILES string of the molecule is CCOc1ccc(NC(=O)Oc2ccccc2)cc1C(=O)Nc1cccc(C(C)=O)c1. The number of hydrogen-bond donors (Lipinski definition) is 2. The molecule has 0 heterocycles. The molecule has 0 aliphatic heterocycles. The number of carbonyl (C=O) groups is 3. The van der Waals surface area contributed by atoms with Gasteiger partial charge in [0.05, 0.1) is 12.2 Å². The van der Waals surface area contributed by atoms with Crippen molar-refractivity contribution in [2.75, 3.05) is 17.2 Å². The molecule has 0 bridgehead atoms. The van der Waals surface area contributed by atoms with Crippen molar-refractivity contribution < 1.29 is 23.9 Å². The lowest BCUT2D eigenvalue weighted by Gasteiger charge is -2.13. The van der Waals surface area contributed by atoms with Crippen molar-refractivity contribution in [3.63, 3.8) is 0 Å². The molecular weight excluding hydrogens is 396 g/mol. The van der Waals surface area contributed by atoms with E-state index in [2.05, 4.69) is 10.6 Å². The van der Waals surface area contributed by atoms with Gasteiger partial charge in [0.15, 0.2) is 5.78 Å². The van der Waals surface area contributed by atoms with Gasteiger partial charge in [0.2, 0.25) is 0 Å². The summed E-state index contributed by atoms with van der Waals surface area (Å²) in [4.78, 5) is 36.7. The first-order valence-electron chi connectivity index (χ1n) is 9.69. The van der Waals surface area contributed by atoms with Crippen molar-refractivity contribution in [2.45, 2.75) is 13.8 Å². The maximum Gasteiger partial charge on any atom is 0.417 e. The summed E-state index contributed by atoms with van der Waals surface area (Å²) < 4.78 is 10.8. The first-order valence-corrected chi connectivity index (χ1v) is 9.69. The summed E-state index contributed by atoms with van der Waals surface area (Å²) in [5, 5.41) is 5.36. The average molecular weight is 418 g/mol. The van der Waals surface area contributed by atoms with E-state index in [1.807, 2.05) is 6.07 Å². The monoisotopic (exact) mass is 418 g/mol. The van der Waals surface area contributed by atoms with Gasteiger partial charge in [-0.2, -0.15) is 0 Å². The van der Waals surface area contributed by atoms with Crippen molar-refractivity contribution in [3.8, 4) is 11.5 Å². The van der Waals surface area contributed by atoms with Gasteiger partial charge in [-0.25, -0.2) is 4.79 Å². The summed E-state index contributed by atoms with van der Waals surface area (Å²) in [5.41, 5.74) is 1.56. The fourth-order valence-electron chi connectivity index (χ4n) is 2.82. The minimum Gasteiger partial charge on any atom is -0.493 e. The van der Waals surface area contributed by atoms with E-state index in [4.69, 9.17) is 9.47 Å². The molecule has 0 unspecified atom stereocenters. The van der Waals surface area contributed by atoms with Crippen LogP contribution in [-0.2, 0) is 0 Å². The number of nitrogens with one attached hydrogen (secondary N) is 2. The zero-order valence-electron chi connectivity index (χ0n) is 17.2. The van der Waals surface area contributed by atoms with Crippen molar-refractivity contribution in [2.24, 2.45) is 0 Å². The molecule has 0 spiro atoms. The van der Waals surface area contributed by atoms with E-state index in [0.717, 1.165) is 0 Å². The predicted octanol–water partition coefficient (Wildman–Crippen LogP) is 5.15. The molecule has 3 aromatic carbocycles. The Bertz CT molecular complexity index is 1100. The highest BCUT2D eigenvalue weighted by molar-refractivity contribution is 6.07. The van der Waals surface area contributed by atoms with Gasteiger partial charge in [0, 0.05) is 16.9 Å². The number of benzene rings is 3. The largest absolute Gasteiger partial charge is 0.493 e. The molecule has 7 heteroatoms. The van der Waals surface area contributed by atoms with E-state index in [9.17, 15) is 14.4 Å². The number of para-hydroxylation sites is 1. The lowest BCUT2D eigenvalue weighted by atomic mass is 10.1. The highest BCUT2D eigenvalue weighted by atomic mass is 16.6. The van der Waals surface area contributed by atoms with Gasteiger partial charge in [0.1, 0.15) is 11.5 Å². The van der Waals surface area contributed by atoms with Gasteiger partial charge in [-0.1, -0.05) is 30.3 Å². The molecule has 158 valence electrons. The molecule has 0 atom stereocenters. The molecule has 3 rings (SSSR count). The van der Waals surface area contributed by atoms with Crippen LogP contribution < -0.4 is 20.1 Å². The van der Waals surface area contributed by atoms with Crippen molar-refractivity contribution in [3.05, 3.63) is 83.9 Å². The van der Waals surface area contributed by atoms with Crippen LogP contribution in [0.5, 0.6) is 11.5 Å². The maximum absolute atomic E-state index is 12.9. The van der Waals surface area contributed by atoms with Crippen LogP contribution in [-0.4, -0.2) is 24.4 Å². The summed E-state index contributed by atoms with van der Waals surface area (Å²) >= 11 is 0. The first-order chi connectivity index (χ1) is 15.0. The topological polar surface area (TPSA) is 93.7 Å². The third-order valence-electron chi connectivity index (χ3n) is 4.25. The number of ketones is 1. The molecule has 0 aromatic heterocycles. The van der Waals surface area contributed by atoms with E-state index >= 15 is 0 Å². The van der Waals surface area contributed by atoms with E-state index < -0.39 is 12.0 Å². The quantitative estimate of drug-likeness (QED) is 0.518. The Hall–Kier alpha value is -4.13. The predicted molar refractivity (Wildman–Crippen MR) is 118 cm³/mol. The number of ether oxygens (including phenoxy) is 2. The lowest BCUT2D eigenvalue weighted by molar-refractivity contribution is 0.100. The van der Waals surface area contributed by atoms with Gasteiger partial charge in [-0.3, -0.25) is 14.9 Å². The average Bonchev–Trinajstić information content (AvgIpc) is 2.75. The van der Waals surface area contributed by atoms with E-state index in [-0.39, 0.29) is 11.3 Å². The Kier molecular flexibility index (Phi) is 7.01. The van der Waals surface area contributed by atoms with Crippen molar-refractivity contribution >= 4 is 29.2 Å². The van der Waals surface area contributed by atoms with Gasteiger partial charge in [-0.05, 0) is 56.3 Å². The van der Waals surface area contributed by atoms with Gasteiger partial charge in [0.25, 0.3) is 5.91 Å². The molecule has 2 N–H and O–H groups in total. The number of carbonyl (C=O) groups excluding carboxylic acids is 3. The van der Waals surface area contributed by atoms with Crippen LogP contribution in [0.2, 0.25) is 0 Å². The summed E-state index contributed by atoms with van der Waals surface area (Å²) in [6, 6.07) is 20.0. The van der Waals surface area contributed by atoms with Crippen molar-refractivity contribution in [1.82, 2.24) is 0 Å². The zero-order chi connectivity index (χ0) is 22.2. The first kappa shape index (κ1) is 21.6. The third kappa shape index (κ3) is 5.93. The van der Waals surface area contributed by atoms with Gasteiger partial charge in [-0.15, -0.1) is 0 Å². The highest BCUT2D eigenvalue weighted by Gasteiger charge is 2.16. The van der Waals surface area contributed by atoms with Gasteiger partial charge >= 0.3 is 6.09 Å². The Labute approximate surface area is 180 Å². The standard InChI is InChI=1S/C24H22N2O5/c1-3-30-22-13-12-19(26-24(29)31-20-10-5-4-6-11-20)15-21(22)23(28)25-18-9-7-8-17(14-18)16(2)27/h4-15H,3H2,1-2H3,(H,25,28)(H,26,29). The second-order valence-electron chi connectivity index (χ2n) is 6.56. The summed E-state index contributed by atoms with van der Waals surface area (Å²) in [6.07, 6.45) is -0.684. The summed E-state index contributed by atoms with van der Waals surface area (Å²) in [6.45, 7) is 3.63. The Morgan fingerprint density at radius 1 is 0.839 bits per heavy atom. The second-order valence-corrected chi connectivity index (χ2v) is 6.56. The fraction of sp³-hybridized carbons (Fsp3) is 0.125. The maximum atomic E-state index is 12.9. The van der Waals surface area contributed by atoms with Crippen LogP contribution in [0.1, 0.15) is 34.6 Å². The van der Waals surface area contributed by atoms with Gasteiger partial charge < -0.3 is 14.8 Å². The molecule has 3 aromatic rings.